The van der Waals surface area contributed by atoms with Crippen molar-refractivity contribution in [3.05, 3.63) is 29.3 Å². The lowest BCUT2D eigenvalue weighted by atomic mass is 10.1. The van der Waals surface area contributed by atoms with Gasteiger partial charge in [-0.3, -0.25) is 19.3 Å². The summed E-state index contributed by atoms with van der Waals surface area (Å²) in [6.45, 7) is 3.03. The first-order valence-corrected chi connectivity index (χ1v) is 5.78. The van der Waals surface area contributed by atoms with E-state index in [4.69, 9.17) is 0 Å². The molecule has 1 unspecified atom stereocenters. The number of amides is 1. The summed E-state index contributed by atoms with van der Waals surface area (Å²) in [7, 11) is 0. The van der Waals surface area contributed by atoms with E-state index in [1.54, 1.807) is 6.92 Å². The molecule has 1 aromatic rings. The second kappa shape index (κ2) is 4.53. The zero-order valence-electron chi connectivity index (χ0n) is 10.4. The molecule has 4 nitrogen and oxygen atoms in total. The van der Waals surface area contributed by atoms with E-state index < -0.39 is 34.9 Å². The van der Waals surface area contributed by atoms with Crippen molar-refractivity contribution in [3.8, 4) is 0 Å². The number of fused-ring (bicyclic) bond motifs is 1. The molecule has 0 spiro atoms. The van der Waals surface area contributed by atoms with Crippen molar-refractivity contribution in [1.82, 2.24) is 0 Å². The van der Waals surface area contributed by atoms with Crippen LogP contribution in [0, 0.1) is 11.6 Å². The van der Waals surface area contributed by atoms with Gasteiger partial charge in [0, 0.05) is 12.5 Å². The fourth-order valence-electron chi connectivity index (χ4n) is 2.12. The van der Waals surface area contributed by atoms with Crippen molar-refractivity contribution < 1.29 is 23.2 Å². The van der Waals surface area contributed by atoms with Crippen LogP contribution in [0.15, 0.2) is 12.1 Å². The first-order chi connectivity index (χ1) is 8.88. The second-order valence-electron chi connectivity index (χ2n) is 4.28. The number of hydrogen-bond acceptors (Lipinski definition) is 3. The zero-order chi connectivity index (χ0) is 14.3. The van der Waals surface area contributed by atoms with E-state index in [-0.39, 0.29) is 17.9 Å². The Hall–Kier alpha value is -2.11. The maximum absolute atomic E-state index is 13.6. The van der Waals surface area contributed by atoms with Crippen molar-refractivity contribution in [3.63, 3.8) is 0 Å². The highest BCUT2D eigenvalue weighted by atomic mass is 19.1. The average Bonchev–Trinajstić information content (AvgIpc) is 2.60. The quantitative estimate of drug-likeness (QED) is 0.785. The van der Waals surface area contributed by atoms with Crippen LogP contribution in [0.3, 0.4) is 0 Å². The summed E-state index contributed by atoms with van der Waals surface area (Å²) in [6, 6.07) is 0.504. The molecule has 0 fully saturated rings. The largest absolute Gasteiger partial charge is 0.300 e. The SMILES string of the molecule is CCC(=O)C(C)N1C(=O)C(=O)c2c(F)cc(F)cc21. The Morgan fingerprint density at radius 2 is 1.95 bits per heavy atom. The van der Waals surface area contributed by atoms with Crippen LogP contribution in [0.2, 0.25) is 0 Å². The van der Waals surface area contributed by atoms with Crippen molar-refractivity contribution in [2.24, 2.45) is 0 Å². The van der Waals surface area contributed by atoms with E-state index in [9.17, 15) is 23.2 Å². The molecule has 0 N–H and O–H groups in total. The number of hydrogen-bond donors (Lipinski definition) is 0. The molecule has 1 atom stereocenters. The van der Waals surface area contributed by atoms with Crippen LogP contribution in [0.4, 0.5) is 14.5 Å². The van der Waals surface area contributed by atoms with Crippen LogP contribution in [0.5, 0.6) is 0 Å². The standard InChI is InChI=1S/C13H11F2NO3/c1-3-10(17)6(2)16-9-5-7(14)4-8(15)11(9)12(18)13(16)19/h4-6H,3H2,1-2H3. The maximum Gasteiger partial charge on any atom is 0.300 e. The fourth-order valence-corrected chi connectivity index (χ4v) is 2.12. The third kappa shape index (κ3) is 1.93. The molecule has 0 aliphatic carbocycles. The molecule has 100 valence electrons. The third-order valence-electron chi connectivity index (χ3n) is 3.14. The van der Waals surface area contributed by atoms with Gasteiger partial charge in [-0.1, -0.05) is 6.92 Å². The Kier molecular flexibility index (Phi) is 3.18. The van der Waals surface area contributed by atoms with Crippen molar-refractivity contribution >= 4 is 23.2 Å². The van der Waals surface area contributed by atoms with Crippen molar-refractivity contribution in [1.29, 1.82) is 0 Å². The minimum Gasteiger partial charge on any atom is -0.297 e. The number of Topliss-reactive ketones (excluding diaryl/α,β-unsaturated/α-hetero) is 2. The number of nitrogens with zero attached hydrogens (tertiary/aromatic N) is 1. The normalized spacial score (nSPS) is 15.7. The number of rotatable bonds is 3. The van der Waals surface area contributed by atoms with Gasteiger partial charge in [-0.25, -0.2) is 8.78 Å². The fraction of sp³-hybridized carbons (Fsp3) is 0.308. The van der Waals surface area contributed by atoms with E-state index >= 15 is 0 Å². The Morgan fingerprint density at radius 3 is 2.53 bits per heavy atom. The molecule has 6 heteroatoms. The lowest BCUT2D eigenvalue weighted by Gasteiger charge is -2.23. The number of benzene rings is 1. The summed E-state index contributed by atoms with van der Waals surface area (Å²) in [5.41, 5.74) is -0.649. The van der Waals surface area contributed by atoms with E-state index in [1.165, 1.54) is 6.92 Å². The van der Waals surface area contributed by atoms with E-state index in [0.717, 1.165) is 11.0 Å². The van der Waals surface area contributed by atoms with Crippen LogP contribution in [-0.2, 0) is 9.59 Å². The molecule has 0 aromatic heterocycles. The molecule has 1 aliphatic heterocycles. The van der Waals surface area contributed by atoms with Crippen LogP contribution in [0.1, 0.15) is 30.6 Å². The van der Waals surface area contributed by atoms with Gasteiger partial charge >= 0.3 is 0 Å². The first kappa shape index (κ1) is 13.3. The Balaban J connectivity index is 2.59. The summed E-state index contributed by atoms with van der Waals surface area (Å²) in [6.07, 6.45) is 0.159. The molecule has 19 heavy (non-hydrogen) atoms. The number of carbonyl (C=O) groups excluding carboxylic acids is 3. The third-order valence-corrected chi connectivity index (χ3v) is 3.14. The molecule has 1 amide bonds. The summed E-state index contributed by atoms with van der Waals surface area (Å²) < 4.78 is 26.8. The molecular weight excluding hydrogens is 256 g/mol. The number of halogens is 2. The topological polar surface area (TPSA) is 54.5 Å². The van der Waals surface area contributed by atoms with Gasteiger partial charge in [0.2, 0.25) is 0 Å². The maximum atomic E-state index is 13.6. The highest BCUT2D eigenvalue weighted by Gasteiger charge is 2.42. The van der Waals surface area contributed by atoms with Crippen molar-refractivity contribution in [2.75, 3.05) is 4.90 Å². The van der Waals surface area contributed by atoms with Gasteiger partial charge in [-0.15, -0.1) is 0 Å². The number of carbonyl (C=O) groups is 3. The molecule has 0 bridgehead atoms. The molecule has 0 saturated carbocycles. The number of ketones is 2. The molecule has 2 rings (SSSR count). The lowest BCUT2D eigenvalue weighted by Crippen LogP contribution is -2.42. The van der Waals surface area contributed by atoms with Crippen LogP contribution in [-0.4, -0.2) is 23.5 Å². The monoisotopic (exact) mass is 267 g/mol. The smallest absolute Gasteiger partial charge is 0.297 e. The van der Waals surface area contributed by atoms with E-state index in [1.807, 2.05) is 0 Å². The Labute approximate surface area is 108 Å². The highest BCUT2D eigenvalue weighted by Crippen LogP contribution is 2.33. The number of anilines is 1. The first-order valence-electron chi connectivity index (χ1n) is 5.78. The van der Waals surface area contributed by atoms with Crippen molar-refractivity contribution in [2.45, 2.75) is 26.3 Å². The lowest BCUT2D eigenvalue weighted by molar-refractivity contribution is -0.122. The van der Waals surface area contributed by atoms with Gasteiger partial charge < -0.3 is 0 Å². The van der Waals surface area contributed by atoms with Crippen LogP contribution >= 0.6 is 0 Å². The van der Waals surface area contributed by atoms with Gasteiger partial charge in [0.25, 0.3) is 11.7 Å². The molecule has 0 saturated heterocycles. The minimum absolute atomic E-state index is 0.159. The van der Waals surface area contributed by atoms with Gasteiger partial charge in [0.15, 0.2) is 5.78 Å². The highest BCUT2D eigenvalue weighted by molar-refractivity contribution is 6.52. The Bertz CT molecular complexity index is 598. The predicted octanol–water partition coefficient (Wildman–Crippen LogP) is 1.86. The van der Waals surface area contributed by atoms with Gasteiger partial charge in [0.05, 0.1) is 17.3 Å². The van der Waals surface area contributed by atoms with Gasteiger partial charge in [-0.2, -0.15) is 0 Å². The minimum atomic E-state index is -1.09. The average molecular weight is 267 g/mol. The molecule has 1 aromatic carbocycles. The summed E-state index contributed by atoms with van der Waals surface area (Å²) in [4.78, 5) is 36.0. The molecular formula is C13H11F2NO3. The van der Waals surface area contributed by atoms with E-state index in [2.05, 4.69) is 0 Å². The van der Waals surface area contributed by atoms with E-state index in [0.29, 0.717) is 6.07 Å². The Morgan fingerprint density at radius 1 is 1.32 bits per heavy atom. The van der Waals surface area contributed by atoms with Crippen LogP contribution < -0.4 is 4.90 Å². The van der Waals surface area contributed by atoms with Crippen LogP contribution in [0.25, 0.3) is 0 Å². The molecule has 1 heterocycles. The molecule has 0 radical (unpaired) electrons. The second-order valence-corrected chi connectivity index (χ2v) is 4.28. The summed E-state index contributed by atoms with van der Waals surface area (Å²) in [5.74, 6) is -4.34. The van der Waals surface area contributed by atoms with Gasteiger partial charge in [-0.05, 0) is 13.0 Å². The zero-order valence-corrected chi connectivity index (χ0v) is 10.4. The summed E-state index contributed by atoms with van der Waals surface area (Å²) >= 11 is 0. The summed E-state index contributed by atoms with van der Waals surface area (Å²) in [5, 5.41) is 0. The molecule has 1 aliphatic rings. The predicted molar refractivity (Wildman–Crippen MR) is 62.9 cm³/mol. The van der Waals surface area contributed by atoms with Gasteiger partial charge in [0.1, 0.15) is 11.6 Å².